The molecule has 1 aromatic carbocycles. The van der Waals surface area contributed by atoms with Crippen molar-refractivity contribution in [3.05, 3.63) is 46.4 Å². The Bertz CT molecular complexity index is 1220. The Morgan fingerprint density at radius 3 is 2.77 bits per heavy atom. The maximum absolute atomic E-state index is 12.7. The molecule has 2 N–H and O–H groups in total. The van der Waals surface area contributed by atoms with E-state index in [4.69, 9.17) is 10.00 Å². The van der Waals surface area contributed by atoms with E-state index in [1.54, 1.807) is 18.3 Å². The van der Waals surface area contributed by atoms with Gasteiger partial charge in [-0.3, -0.25) is 9.48 Å². The molecule has 3 aromatic rings. The summed E-state index contributed by atoms with van der Waals surface area (Å²) in [6.45, 7) is 7.99. The van der Waals surface area contributed by atoms with Gasteiger partial charge in [-0.05, 0) is 54.6 Å². The van der Waals surface area contributed by atoms with Crippen molar-refractivity contribution in [3.63, 3.8) is 0 Å². The van der Waals surface area contributed by atoms with E-state index in [2.05, 4.69) is 22.0 Å². The van der Waals surface area contributed by atoms with E-state index in [1.807, 2.05) is 30.7 Å². The van der Waals surface area contributed by atoms with Crippen molar-refractivity contribution in [2.45, 2.75) is 50.3 Å². The highest BCUT2D eigenvalue weighted by Gasteiger charge is 2.34. The maximum atomic E-state index is 12.7. The molecule has 0 aliphatic carbocycles. The third-order valence-corrected chi connectivity index (χ3v) is 6.48. The molecule has 1 saturated heterocycles. The van der Waals surface area contributed by atoms with Crippen molar-refractivity contribution >= 4 is 34.4 Å². The molecule has 2 aliphatic rings. The Balaban J connectivity index is 0.000000815. The zero-order valence-electron chi connectivity index (χ0n) is 19.4. The van der Waals surface area contributed by atoms with Crippen molar-refractivity contribution in [2.24, 2.45) is 0 Å². The number of rotatable bonds is 4. The normalized spacial score (nSPS) is 17.6. The van der Waals surface area contributed by atoms with Gasteiger partial charge in [-0.2, -0.15) is 18.3 Å². The summed E-state index contributed by atoms with van der Waals surface area (Å²) in [5.74, 6) is 0.417. The summed E-state index contributed by atoms with van der Waals surface area (Å²) < 4.78 is 46.9. The molecule has 0 bridgehead atoms. The summed E-state index contributed by atoms with van der Waals surface area (Å²) in [5.41, 5.74) is 1.94. The highest BCUT2D eigenvalue weighted by molar-refractivity contribution is 7.97. The van der Waals surface area contributed by atoms with Crippen molar-refractivity contribution < 1.29 is 17.9 Å². The molecule has 0 spiro atoms. The van der Waals surface area contributed by atoms with E-state index in [-0.39, 0.29) is 18.1 Å². The number of anilines is 2. The lowest BCUT2D eigenvalue weighted by Crippen LogP contribution is -2.26. The van der Waals surface area contributed by atoms with Crippen LogP contribution in [0.1, 0.15) is 38.3 Å². The molecular weight excluding hydrogens is 481 g/mol. The van der Waals surface area contributed by atoms with Crippen LogP contribution in [0, 0.1) is 11.8 Å². The fourth-order valence-electron chi connectivity index (χ4n) is 4.04. The van der Waals surface area contributed by atoms with Crippen LogP contribution < -0.4 is 10.9 Å². The van der Waals surface area contributed by atoms with Crippen LogP contribution in [0.5, 0.6) is 0 Å². The molecule has 4 heterocycles. The van der Waals surface area contributed by atoms with Crippen LogP contribution in [0.3, 0.4) is 0 Å². The van der Waals surface area contributed by atoms with Gasteiger partial charge in [-0.25, -0.2) is 9.57 Å². The number of hydrogen-bond donors (Lipinski definition) is 2. The molecule has 0 amide bonds. The average Bonchev–Trinajstić information content (AvgIpc) is 3.42. The molecule has 188 valence electrons. The van der Waals surface area contributed by atoms with E-state index in [0.29, 0.717) is 23.5 Å². The summed E-state index contributed by atoms with van der Waals surface area (Å²) >= 11 is 1.10. The lowest BCUT2D eigenvalue weighted by molar-refractivity contribution is -0.135. The number of aromatic amines is 1. The van der Waals surface area contributed by atoms with Crippen molar-refractivity contribution in [3.8, 4) is 6.57 Å². The van der Waals surface area contributed by atoms with E-state index in [9.17, 15) is 18.0 Å². The zero-order valence-corrected chi connectivity index (χ0v) is 20.2. The van der Waals surface area contributed by atoms with Crippen LogP contribution in [0.15, 0.2) is 40.2 Å². The second kappa shape index (κ2) is 11.6. The number of fused-ring (bicyclic) bond motifs is 2. The summed E-state index contributed by atoms with van der Waals surface area (Å²) in [6, 6.07) is 7.24. The van der Waals surface area contributed by atoms with Crippen LogP contribution in [0.4, 0.5) is 24.7 Å². The average molecular weight is 509 g/mol. The van der Waals surface area contributed by atoms with Gasteiger partial charge >= 0.3 is 6.18 Å². The highest BCUT2D eigenvalue weighted by Crippen LogP contribution is 2.39. The van der Waals surface area contributed by atoms with Crippen LogP contribution in [-0.4, -0.2) is 45.0 Å². The second-order valence-electron chi connectivity index (χ2n) is 7.68. The van der Waals surface area contributed by atoms with Crippen LogP contribution in [0.2, 0.25) is 0 Å². The number of alkyl halides is 3. The lowest BCUT2D eigenvalue weighted by atomic mass is 10.1. The molecule has 35 heavy (non-hydrogen) atoms. The summed E-state index contributed by atoms with van der Waals surface area (Å²) in [5, 5.41) is 14.8. The van der Waals surface area contributed by atoms with Gasteiger partial charge in [0.25, 0.3) is 5.56 Å². The van der Waals surface area contributed by atoms with Gasteiger partial charge in [-0.15, -0.1) is 0 Å². The molecule has 2 aliphatic heterocycles. The van der Waals surface area contributed by atoms with Gasteiger partial charge in [0.1, 0.15) is 11.9 Å². The molecule has 0 saturated carbocycles. The van der Waals surface area contributed by atoms with Gasteiger partial charge < -0.3 is 15.0 Å². The molecule has 12 heteroatoms. The number of H-pyrrole nitrogens is 1. The summed E-state index contributed by atoms with van der Waals surface area (Å²) in [4.78, 5) is 16.0. The van der Waals surface area contributed by atoms with Gasteiger partial charge in [0, 0.05) is 36.5 Å². The van der Waals surface area contributed by atoms with Crippen molar-refractivity contribution in [1.29, 1.82) is 5.26 Å². The molecule has 8 nitrogen and oxygen atoms in total. The Hall–Kier alpha value is -3.01. The highest BCUT2D eigenvalue weighted by atomic mass is 32.2. The molecule has 1 atom stereocenters. The van der Waals surface area contributed by atoms with E-state index < -0.39 is 12.7 Å². The Labute approximate surface area is 205 Å². The fourth-order valence-corrected chi connectivity index (χ4v) is 5.10. The number of nitrogens with one attached hydrogen (secondary N) is 2. The van der Waals surface area contributed by atoms with Crippen molar-refractivity contribution in [2.75, 3.05) is 25.1 Å². The number of benzene rings is 1. The van der Waals surface area contributed by atoms with E-state index in [0.717, 1.165) is 47.4 Å². The Morgan fingerprint density at radius 2 is 2.09 bits per heavy atom. The number of pyridine rings is 1. The monoisotopic (exact) mass is 508 g/mol. The quantitative estimate of drug-likeness (QED) is 0.457. The largest absolute Gasteiger partial charge is 0.402 e. The summed E-state index contributed by atoms with van der Waals surface area (Å²) in [6.07, 6.45) is -0.813. The van der Waals surface area contributed by atoms with E-state index in [1.165, 1.54) is 4.31 Å². The van der Waals surface area contributed by atoms with Crippen molar-refractivity contribution in [1.82, 2.24) is 19.1 Å². The first kappa shape index (κ1) is 26.6. The molecule has 2 aromatic heterocycles. The number of ether oxygens (including phenoxy) is 1. The predicted octanol–water partition coefficient (Wildman–Crippen LogP) is 5.37. The standard InChI is InChI=1S/C20H20F3N5O2S.C2H6.CHN/c21-20(22,23)11-27-9-12-8-13(3-4-16(12)31-27)25-18-17-15(5-6-24-19(17)29)28(26-18)14-2-1-7-30-10-14;2*1-2/h3-6,8,14H,1-2,7,9-11H2,(H,24,29)(H,25,26);1-2H3;1H. The first-order valence-electron chi connectivity index (χ1n) is 11.2. The molecular formula is C23H27F3N6O2S. The molecule has 0 radical (unpaired) electrons. The first-order valence-corrected chi connectivity index (χ1v) is 12.0. The number of hydrogen-bond acceptors (Lipinski definition) is 7. The molecule has 5 rings (SSSR count). The van der Waals surface area contributed by atoms with Gasteiger partial charge in [0.15, 0.2) is 5.82 Å². The maximum Gasteiger partial charge on any atom is 0.402 e. The van der Waals surface area contributed by atoms with Gasteiger partial charge in [0.2, 0.25) is 0 Å². The van der Waals surface area contributed by atoms with Crippen LogP contribution in [0.25, 0.3) is 10.9 Å². The minimum Gasteiger partial charge on any atom is -0.379 e. The minimum absolute atomic E-state index is 0.0425. The molecule has 1 unspecified atom stereocenters. The number of nitriles is 1. The predicted molar refractivity (Wildman–Crippen MR) is 130 cm³/mol. The first-order chi connectivity index (χ1) is 16.9. The Kier molecular flexibility index (Phi) is 8.82. The van der Waals surface area contributed by atoms with E-state index >= 15 is 0 Å². The number of aromatic nitrogens is 3. The Morgan fingerprint density at radius 1 is 1.31 bits per heavy atom. The third-order valence-electron chi connectivity index (χ3n) is 5.37. The SMILES string of the molecule is C#N.CC.O=c1[nH]ccc2c1c(Nc1ccc3c(c1)CN(CC(F)(F)F)S3)nn2C1CCCOC1. The minimum atomic E-state index is -4.24. The van der Waals surface area contributed by atoms with Crippen LogP contribution >= 0.6 is 11.9 Å². The zero-order chi connectivity index (χ0) is 25.6. The second-order valence-corrected chi connectivity index (χ2v) is 8.82. The fraction of sp³-hybridized carbons (Fsp3) is 0.435. The smallest absolute Gasteiger partial charge is 0.379 e. The molecule has 1 fully saturated rings. The van der Waals surface area contributed by atoms with Crippen LogP contribution in [-0.2, 0) is 11.3 Å². The van der Waals surface area contributed by atoms with Gasteiger partial charge in [-0.1, -0.05) is 13.8 Å². The number of halogens is 3. The number of nitrogens with zero attached hydrogens (tertiary/aromatic N) is 4. The summed E-state index contributed by atoms with van der Waals surface area (Å²) in [7, 11) is 0. The lowest BCUT2D eigenvalue weighted by Gasteiger charge is -2.23. The van der Waals surface area contributed by atoms with Gasteiger partial charge in [0.05, 0.1) is 18.2 Å². The third kappa shape index (κ3) is 6.17. The topological polar surface area (TPSA) is 99.0 Å².